The van der Waals surface area contributed by atoms with Crippen molar-refractivity contribution in [1.82, 2.24) is 9.13 Å². The molecule has 1 aromatic heterocycles. The summed E-state index contributed by atoms with van der Waals surface area (Å²) in [6, 6.07) is 16.7. The van der Waals surface area contributed by atoms with Gasteiger partial charge in [-0.25, -0.2) is 14.0 Å². The van der Waals surface area contributed by atoms with Crippen molar-refractivity contribution in [2.45, 2.75) is 6.54 Å². The monoisotopic (exact) mass is 464 g/mol. The molecule has 0 saturated heterocycles. The van der Waals surface area contributed by atoms with E-state index < -0.39 is 17.3 Å². The van der Waals surface area contributed by atoms with Crippen molar-refractivity contribution in [3.63, 3.8) is 0 Å². The zero-order chi connectivity index (χ0) is 23.1. The van der Waals surface area contributed by atoms with Crippen LogP contribution in [0.15, 0.2) is 71.5 Å². The van der Waals surface area contributed by atoms with E-state index in [-0.39, 0.29) is 17.8 Å². The smallest absolute Gasteiger partial charge is 0.338 e. The second kappa shape index (κ2) is 8.35. The van der Waals surface area contributed by atoms with Crippen LogP contribution in [-0.4, -0.2) is 33.4 Å². The lowest BCUT2D eigenvalue weighted by Crippen LogP contribution is -2.24. The van der Waals surface area contributed by atoms with Gasteiger partial charge in [-0.05, 0) is 47.5 Å². The van der Waals surface area contributed by atoms with E-state index in [1.54, 1.807) is 18.2 Å². The number of aromatic nitrogens is 2. The molecule has 6 nitrogen and oxygen atoms in total. The molecular weight excluding hydrogens is 447 g/mol. The summed E-state index contributed by atoms with van der Waals surface area (Å²) in [6.07, 6.45) is 2.02. The molecule has 0 radical (unpaired) electrons. The summed E-state index contributed by atoms with van der Waals surface area (Å²) in [7, 11) is 0. The Morgan fingerprint density at radius 1 is 1.09 bits per heavy atom. The van der Waals surface area contributed by atoms with Gasteiger partial charge < -0.3 is 9.84 Å². The first-order valence-corrected chi connectivity index (χ1v) is 10.6. The Balaban J connectivity index is 1.64. The van der Waals surface area contributed by atoms with Gasteiger partial charge in [0.25, 0.3) is 0 Å². The fraction of sp³-hybridized carbons (Fsp3) is 0.120. The van der Waals surface area contributed by atoms with Crippen LogP contribution in [0.5, 0.6) is 0 Å². The summed E-state index contributed by atoms with van der Waals surface area (Å²) in [5.41, 5.74) is 3.14. The van der Waals surface area contributed by atoms with Crippen LogP contribution < -0.4 is 5.69 Å². The van der Waals surface area contributed by atoms with Crippen LogP contribution in [0.1, 0.15) is 21.5 Å². The van der Waals surface area contributed by atoms with Crippen molar-refractivity contribution < 1.29 is 19.0 Å². The van der Waals surface area contributed by atoms with Crippen LogP contribution in [0.25, 0.3) is 22.3 Å². The van der Waals surface area contributed by atoms with Crippen LogP contribution in [0, 0.1) is 5.82 Å². The SMILES string of the molecule is O=C(O)c1cccc(Cn2c(=O)n(-c3ccc(C4=CCOC4)cc3)c3cc(Cl)ccc32)c1F. The van der Waals surface area contributed by atoms with Gasteiger partial charge in [-0.1, -0.05) is 41.9 Å². The zero-order valence-corrected chi connectivity index (χ0v) is 18.1. The molecule has 0 saturated carbocycles. The molecule has 0 bridgehead atoms. The Morgan fingerprint density at radius 2 is 1.88 bits per heavy atom. The zero-order valence-electron chi connectivity index (χ0n) is 17.3. The van der Waals surface area contributed by atoms with Gasteiger partial charge in [0, 0.05) is 10.6 Å². The van der Waals surface area contributed by atoms with Crippen molar-refractivity contribution in [1.29, 1.82) is 0 Å². The first-order chi connectivity index (χ1) is 15.9. The maximum absolute atomic E-state index is 14.8. The number of imidazole rings is 1. The summed E-state index contributed by atoms with van der Waals surface area (Å²) >= 11 is 6.22. The van der Waals surface area contributed by atoms with Gasteiger partial charge in [0.2, 0.25) is 0 Å². The molecular formula is C25H18ClFN2O4. The second-order valence-corrected chi connectivity index (χ2v) is 8.15. The molecule has 4 aromatic rings. The van der Waals surface area contributed by atoms with Gasteiger partial charge in [-0.3, -0.25) is 9.13 Å². The van der Waals surface area contributed by atoms with Crippen LogP contribution in [-0.2, 0) is 11.3 Å². The standard InChI is InChI=1S/C25H18ClFN2O4/c26-18-6-9-21-22(12-18)29(19-7-4-15(5-8-19)17-10-11-33-14-17)25(32)28(21)13-16-2-1-3-20(23(16)27)24(30)31/h1-10,12H,11,13-14H2,(H,30,31). The van der Waals surface area contributed by atoms with Gasteiger partial charge in [0.15, 0.2) is 0 Å². The molecule has 3 aromatic carbocycles. The van der Waals surface area contributed by atoms with Gasteiger partial charge in [-0.15, -0.1) is 0 Å². The molecule has 0 atom stereocenters. The number of hydrogen-bond donors (Lipinski definition) is 1. The van der Waals surface area contributed by atoms with Crippen molar-refractivity contribution >= 4 is 34.2 Å². The van der Waals surface area contributed by atoms with Gasteiger partial charge in [-0.2, -0.15) is 0 Å². The summed E-state index contributed by atoms with van der Waals surface area (Å²) in [4.78, 5) is 24.8. The Morgan fingerprint density at radius 3 is 2.58 bits per heavy atom. The number of hydrogen-bond acceptors (Lipinski definition) is 3. The number of aromatic carboxylic acids is 1. The minimum Gasteiger partial charge on any atom is -0.478 e. The van der Waals surface area contributed by atoms with Gasteiger partial charge in [0.05, 0.1) is 42.0 Å². The molecule has 0 unspecified atom stereocenters. The molecule has 2 heterocycles. The van der Waals surface area contributed by atoms with Crippen LogP contribution in [0.3, 0.4) is 0 Å². The van der Waals surface area contributed by atoms with Crippen molar-refractivity contribution in [3.05, 3.63) is 105 Å². The summed E-state index contributed by atoms with van der Waals surface area (Å²) in [5, 5.41) is 9.68. The Bertz CT molecular complexity index is 1490. The summed E-state index contributed by atoms with van der Waals surface area (Å²) < 4.78 is 23.1. The first kappa shape index (κ1) is 21.2. The number of halogens is 2. The maximum atomic E-state index is 14.8. The predicted molar refractivity (Wildman–Crippen MR) is 124 cm³/mol. The normalized spacial score (nSPS) is 13.5. The second-order valence-electron chi connectivity index (χ2n) is 7.71. The Hall–Kier alpha value is -3.68. The minimum absolute atomic E-state index is 0.106. The van der Waals surface area contributed by atoms with Gasteiger partial charge >= 0.3 is 11.7 Å². The molecule has 0 aliphatic carbocycles. The van der Waals surface area contributed by atoms with Gasteiger partial charge in [0.1, 0.15) is 5.82 Å². The number of nitrogens with zero attached hydrogens (tertiary/aromatic N) is 2. The third kappa shape index (κ3) is 3.75. The number of carboxylic acid groups (broad SMARTS) is 1. The number of carboxylic acids is 1. The molecule has 1 aliphatic heterocycles. The van der Waals surface area contributed by atoms with E-state index in [2.05, 4.69) is 0 Å². The lowest BCUT2D eigenvalue weighted by Gasteiger charge is -2.07. The molecule has 1 aliphatic rings. The lowest BCUT2D eigenvalue weighted by molar-refractivity contribution is 0.0691. The molecule has 0 spiro atoms. The van der Waals surface area contributed by atoms with Crippen LogP contribution in [0.2, 0.25) is 5.02 Å². The third-order valence-electron chi connectivity index (χ3n) is 5.73. The van der Waals surface area contributed by atoms with E-state index in [1.165, 1.54) is 27.3 Å². The quantitative estimate of drug-likeness (QED) is 0.463. The molecule has 33 heavy (non-hydrogen) atoms. The summed E-state index contributed by atoms with van der Waals surface area (Å²) in [5.74, 6) is -2.22. The van der Waals surface area contributed by atoms with E-state index in [0.717, 1.165) is 11.1 Å². The fourth-order valence-corrected chi connectivity index (χ4v) is 4.25. The fourth-order valence-electron chi connectivity index (χ4n) is 4.08. The molecule has 0 amide bonds. The molecule has 0 fully saturated rings. The largest absolute Gasteiger partial charge is 0.478 e. The van der Waals surface area contributed by atoms with Crippen LogP contribution in [0.4, 0.5) is 4.39 Å². The molecule has 1 N–H and O–H groups in total. The third-order valence-corrected chi connectivity index (χ3v) is 5.97. The van der Waals surface area contributed by atoms with Crippen molar-refractivity contribution in [2.24, 2.45) is 0 Å². The highest BCUT2D eigenvalue weighted by Crippen LogP contribution is 2.25. The Labute approximate surface area is 192 Å². The first-order valence-electron chi connectivity index (χ1n) is 10.2. The van der Waals surface area contributed by atoms with Crippen molar-refractivity contribution in [3.8, 4) is 5.69 Å². The number of benzene rings is 3. The van der Waals surface area contributed by atoms with E-state index in [4.69, 9.17) is 16.3 Å². The van der Waals surface area contributed by atoms with Crippen LogP contribution >= 0.6 is 11.6 Å². The van der Waals surface area contributed by atoms with E-state index in [0.29, 0.717) is 35.0 Å². The molecule has 5 rings (SSSR count). The number of ether oxygens (including phenoxy) is 1. The number of fused-ring (bicyclic) bond motifs is 1. The average molecular weight is 465 g/mol. The number of rotatable bonds is 5. The Kier molecular flexibility index (Phi) is 5.36. The molecule has 8 heteroatoms. The maximum Gasteiger partial charge on any atom is 0.338 e. The van der Waals surface area contributed by atoms with Crippen molar-refractivity contribution in [2.75, 3.05) is 13.2 Å². The van der Waals surface area contributed by atoms with E-state index in [9.17, 15) is 19.1 Å². The topological polar surface area (TPSA) is 73.5 Å². The minimum atomic E-state index is -1.36. The highest BCUT2D eigenvalue weighted by Gasteiger charge is 2.19. The molecule has 166 valence electrons. The number of carbonyl (C=O) groups is 1. The average Bonchev–Trinajstić information content (AvgIpc) is 3.42. The lowest BCUT2D eigenvalue weighted by atomic mass is 10.1. The predicted octanol–water partition coefficient (Wildman–Crippen LogP) is 4.74. The van der Waals surface area contributed by atoms with E-state index >= 15 is 0 Å². The van der Waals surface area contributed by atoms with E-state index in [1.807, 2.05) is 30.3 Å². The highest BCUT2D eigenvalue weighted by atomic mass is 35.5. The highest BCUT2D eigenvalue weighted by molar-refractivity contribution is 6.31. The summed E-state index contributed by atoms with van der Waals surface area (Å²) in [6.45, 7) is 1.01.